The summed E-state index contributed by atoms with van der Waals surface area (Å²) < 4.78 is 18.2. The maximum Gasteiger partial charge on any atom is 0.253 e. The third-order valence-corrected chi connectivity index (χ3v) is 3.35. The number of ether oxygens (including phenoxy) is 1. The van der Waals surface area contributed by atoms with Crippen molar-refractivity contribution < 1.29 is 13.9 Å². The predicted molar refractivity (Wildman–Crippen MR) is 80.1 cm³/mol. The molecule has 0 saturated carbocycles. The molecule has 21 heavy (non-hydrogen) atoms. The summed E-state index contributed by atoms with van der Waals surface area (Å²) in [6.07, 6.45) is 0.702. The molecule has 2 rings (SSSR count). The van der Waals surface area contributed by atoms with E-state index in [1.165, 1.54) is 24.3 Å². The summed E-state index contributed by atoms with van der Waals surface area (Å²) in [4.78, 5) is 13.8. The van der Waals surface area contributed by atoms with Crippen LogP contribution in [0, 0.1) is 5.82 Å². The number of para-hydroxylation sites is 1. The fourth-order valence-corrected chi connectivity index (χ4v) is 2.11. The van der Waals surface area contributed by atoms with Crippen molar-refractivity contribution >= 4 is 5.91 Å². The van der Waals surface area contributed by atoms with Crippen LogP contribution in [0.1, 0.15) is 15.9 Å². The summed E-state index contributed by atoms with van der Waals surface area (Å²) in [6, 6.07) is 13.3. The summed E-state index contributed by atoms with van der Waals surface area (Å²) >= 11 is 0. The highest BCUT2D eigenvalue weighted by atomic mass is 19.1. The third kappa shape index (κ3) is 3.81. The molecule has 2 aromatic carbocycles. The monoisotopic (exact) mass is 287 g/mol. The van der Waals surface area contributed by atoms with Crippen LogP contribution in [0.2, 0.25) is 0 Å². The van der Waals surface area contributed by atoms with Gasteiger partial charge in [0.25, 0.3) is 5.91 Å². The van der Waals surface area contributed by atoms with E-state index in [4.69, 9.17) is 4.74 Å². The molecule has 0 fully saturated rings. The zero-order chi connectivity index (χ0) is 15.2. The SMILES string of the molecule is COc1ccccc1CCN(C)C(=O)c1ccc(F)cc1. The van der Waals surface area contributed by atoms with Gasteiger partial charge in [-0.15, -0.1) is 0 Å². The Morgan fingerprint density at radius 1 is 1.14 bits per heavy atom. The molecular weight excluding hydrogens is 269 g/mol. The Balaban J connectivity index is 1.99. The van der Waals surface area contributed by atoms with Crippen LogP contribution < -0.4 is 4.74 Å². The van der Waals surface area contributed by atoms with Gasteiger partial charge < -0.3 is 9.64 Å². The molecular formula is C17H18FNO2. The summed E-state index contributed by atoms with van der Waals surface area (Å²) in [5, 5.41) is 0. The number of nitrogens with zero attached hydrogens (tertiary/aromatic N) is 1. The lowest BCUT2D eigenvalue weighted by molar-refractivity contribution is 0.0796. The number of amides is 1. The Kier molecular flexibility index (Phi) is 4.93. The van der Waals surface area contributed by atoms with Crippen LogP contribution in [0.3, 0.4) is 0 Å². The average molecular weight is 287 g/mol. The van der Waals surface area contributed by atoms with E-state index in [2.05, 4.69) is 0 Å². The molecule has 0 heterocycles. The number of hydrogen-bond acceptors (Lipinski definition) is 2. The summed E-state index contributed by atoms with van der Waals surface area (Å²) in [5.74, 6) is 0.355. The van der Waals surface area contributed by atoms with Crippen molar-refractivity contribution in [3.63, 3.8) is 0 Å². The van der Waals surface area contributed by atoms with Crippen molar-refractivity contribution in [2.45, 2.75) is 6.42 Å². The van der Waals surface area contributed by atoms with Gasteiger partial charge in [0.05, 0.1) is 7.11 Å². The number of likely N-dealkylation sites (N-methyl/N-ethyl adjacent to an activating group) is 1. The smallest absolute Gasteiger partial charge is 0.253 e. The molecule has 0 saturated heterocycles. The van der Waals surface area contributed by atoms with Crippen LogP contribution in [0.5, 0.6) is 5.75 Å². The van der Waals surface area contributed by atoms with E-state index in [1.54, 1.807) is 19.1 Å². The van der Waals surface area contributed by atoms with Gasteiger partial charge in [0.1, 0.15) is 11.6 Å². The van der Waals surface area contributed by atoms with Crippen molar-refractivity contribution in [2.75, 3.05) is 20.7 Å². The van der Waals surface area contributed by atoms with Crippen molar-refractivity contribution in [1.82, 2.24) is 4.90 Å². The fourth-order valence-electron chi connectivity index (χ4n) is 2.11. The van der Waals surface area contributed by atoms with Gasteiger partial charge in [-0.1, -0.05) is 18.2 Å². The van der Waals surface area contributed by atoms with Crippen molar-refractivity contribution in [2.24, 2.45) is 0 Å². The topological polar surface area (TPSA) is 29.5 Å². The number of methoxy groups -OCH3 is 1. The summed E-state index contributed by atoms with van der Waals surface area (Å²) in [6.45, 7) is 0.566. The second kappa shape index (κ2) is 6.88. The van der Waals surface area contributed by atoms with Crippen LogP contribution in [-0.4, -0.2) is 31.5 Å². The van der Waals surface area contributed by atoms with Crippen LogP contribution in [0.4, 0.5) is 4.39 Å². The molecule has 0 aromatic heterocycles. The fraction of sp³-hybridized carbons (Fsp3) is 0.235. The maximum atomic E-state index is 12.9. The van der Waals surface area contributed by atoms with E-state index in [-0.39, 0.29) is 11.7 Å². The largest absolute Gasteiger partial charge is 0.496 e. The number of carbonyl (C=O) groups is 1. The molecule has 0 aliphatic rings. The van der Waals surface area contributed by atoms with Crippen molar-refractivity contribution in [3.8, 4) is 5.75 Å². The number of carbonyl (C=O) groups excluding carboxylic acids is 1. The normalized spacial score (nSPS) is 10.2. The average Bonchev–Trinajstić information content (AvgIpc) is 2.52. The molecule has 110 valence electrons. The van der Waals surface area contributed by atoms with Gasteiger partial charge in [-0.2, -0.15) is 0 Å². The Morgan fingerprint density at radius 2 is 1.81 bits per heavy atom. The molecule has 0 unspecified atom stereocenters. The lowest BCUT2D eigenvalue weighted by Crippen LogP contribution is -2.28. The van der Waals surface area contributed by atoms with E-state index >= 15 is 0 Å². The second-order valence-electron chi connectivity index (χ2n) is 4.80. The minimum absolute atomic E-state index is 0.120. The first-order chi connectivity index (χ1) is 10.1. The van der Waals surface area contributed by atoms with E-state index in [9.17, 15) is 9.18 Å². The van der Waals surface area contributed by atoms with E-state index in [0.29, 0.717) is 18.5 Å². The van der Waals surface area contributed by atoms with Crippen molar-refractivity contribution in [3.05, 3.63) is 65.5 Å². The third-order valence-electron chi connectivity index (χ3n) is 3.35. The van der Waals surface area contributed by atoms with E-state index < -0.39 is 0 Å². The first-order valence-electron chi connectivity index (χ1n) is 6.74. The van der Waals surface area contributed by atoms with Gasteiger partial charge in [-0.05, 0) is 42.3 Å². The minimum Gasteiger partial charge on any atom is -0.496 e. The van der Waals surface area contributed by atoms with Crippen LogP contribution in [-0.2, 0) is 6.42 Å². The van der Waals surface area contributed by atoms with Crippen LogP contribution >= 0.6 is 0 Å². The number of hydrogen-bond donors (Lipinski definition) is 0. The highest BCUT2D eigenvalue weighted by molar-refractivity contribution is 5.94. The summed E-state index contributed by atoms with van der Waals surface area (Å²) in [7, 11) is 3.37. The van der Waals surface area contributed by atoms with Gasteiger partial charge >= 0.3 is 0 Å². The first-order valence-corrected chi connectivity index (χ1v) is 6.74. The van der Waals surface area contributed by atoms with Crippen molar-refractivity contribution in [1.29, 1.82) is 0 Å². The van der Waals surface area contributed by atoms with E-state index in [0.717, 1.165) is 11.3 Å². The quantitative estimate of drug-likeness (QED) is 0.845. The van der Waals surface area contributed by atoms with Gasteiger partial charge in [-0.3, -0.25) is 4.79 Å². The molecule has 3 nitrogen and oxygen atoms in total. The Bertz CT molecular complexity index is 610. The lowest BCUT2D eigenvalue weighted by Gasteiger charge is -2.18. The molecule has 0 atom stereocenters. The molecule has 2 aromatic rings. The van der Waals surface area contributed by atoms with E-state index in [1.807, 2.05) is 24.3 Å². The highest BCUT2D eigenvalue weighted by Crippen LogP contribution is 2.18. The van der Waals surface area contributed by atoms with Crippen LogP contribution in [0.25, 0.3) is 0 Å². The molecule has 0 N–H and O–H groups in total. The molecule has 0 bridgehead atoms. The number of halogens is 1. The van der Waals surface area contributed by atoms with Gasteiger partial charge in [0.15, 0.2) is 0 Å². The molecule has 0 aliphatic carbocycles. The molecule has 0 radical (unpaired) electrons. The standard InChI is InChI=1S/C17H18FNO2/c1-19(17(20)14-7-9-15(18)10-8-14)12-11-13-5-3-4-6-16(13)21-2/h3-10H,11-12H2,1-2H3. The zero-order valence-corrected chi connectivity index (χ0v) is 12.2. The summed E-state index contributed by atoms with van der Waals surface area (Å²) in [5.41, 5.74) is 1.54. The molecule has 0 aliphatic heterocycles. The zero-order valence-electron chi connectivity index (χ0n) is 12.2. The first kappa shape index (κ1) is 15.0. The Hall–Kier alpha value is -2.36. The predicted octanol–water partition coefficient (Wildman–Crippen LogP) is 3.15. The highest BCUT2D eigenvalue weighted by Gasteiger charge is 2.12. The Morgan fingerprint density at radius 3 is 2.48 bits per heavy atom. The maximum absolute atomic E-state index is 12.9. The molecule has 4 heteroatoms. The number of rotatable bonds is 5. The Labute approximate surface area is 124 Å². The molecule has 1 amide bonds. The van der Waals surface area contributed by atoms with Crippen LogP contribution in [0.15, 0.2) is 48.5 Å². The second-order valence-corrected chi connectivity index (χ2v) is 4.80. The lowest BCUT2D eigenvalue weighted by atomic mass is 10.1. The minimum atomic E-state index is -0.344. The van der Waals surface area contributed by atoms with Gasteiger partial charge in [-0.25, -0.2) is 4.39 Å². The number of benzene rings is 2. The molecule has 0 spiro atoms. The van der Waals surface area contributed by atoms with Gasteiger partial charge in [0, 0.05) is 19.2 Å². The van der Waals surface area contributed by atoms with Gasteiger partial charge in [0.2, 0.25) is 0 Å².